The van der Waals surface area contributed by atoms with Gasteiger partial charge in [0.2, 0.25) is 0 Å². The second-order valence-electron chi connectivity index (χ2n) is 8.13. The number of unbranched alkanes of at least 4 members (excludes halogenated alkanes) is 6. The first-order valence-electron chi connectivity index (χ1n) is 10.3. The summed E-state index contributed by atoms with van der Waals surface area (Å²) in [5.74, 6) is 0.980. The van der Waals surface area contributed by atoms with E-state index in [1.165, 1.54) is 64.2 Å². The number of rotatable bonds is 11. The molecule has 1 rings (SSSR count). The van der Waals surface area contributed by atoms with E-state index < -0.39 is 0 Å². The van der Waals surface area contributed by atoms with Gasteiger partial charge in [-0.2, -0.15) is 0 Å². The maximum absolute atomic E-state index is 5.06. The zero-order valence-corrected chi connectivity index (χ0v) is 16.8. The zero-order valence-electron chi connectivity index (χ0n) is 16.8. The first-order valence-corrected chi connectivity index (χ1v) is 10.3. The number of hydrogen-bond acceptors (Lipinski definition) is 2. The first-order chi connectivity index (χ1) is 11.0. The summed E-state index contributed by atoms with van der Waals surface area (Å²) in [6, 6.07) is 0. The molecule has 1 aliphatic rings. The summed E-state index contributed by atoms with van der Waals surface area (Å²) in [7, 11) is 0. The molecule has 1 aliphatic carbocycles. The van der Waals surface area contributed by atoms with E-state index in [2.05, 4.69) is 34.6 Å². The molecule has 1 fully saturated rings. The van der Waals surface area contributed by atoms with Gasteiger partial charge in [-0.25, -0.2) is 9.78 Å². The molecule has 1 atom stereocenters. The van der Waals surface area contributed by atoms with Crippen molar-refractivity contribution in [1.29, 1.82) is 0 Å². The lowest BCUT2D eigenvalue weighted by Gasteiger charge is -2.33. The van der Waals surface area contributed by atoms with Crippen molar-refractivity contribution in [2.24, 2.45) is 11.3 Å². The molecule has 1 unspecified atom stereocenters. The first kappa shape index (κ1) is 22.9. The lowest BCUT2D eigenvalue weighted by atomic mass is 9.73. The SMILES string of the molecule is CC1CCCC(C)(C)C1.CCCCCCOOCCCCCC. The minimum absolute atomic E-state index is 0.650. The highest BCUT2D eigenvalue weighted by Crippen LogP contribution is 2.37. The number of hydrogen-bond donors (Lipinski definition) is 0. The highest BCUT2D eigenvalue weighted by molar-refractivity contribution is 4.76. The van der Waals surface area contributed by atoms with Gasteiger partial charge in [-0.15, -0.1) is 0 Å². The fourth-order valence-electron chi connectivity index (χ4n) is 3.37. The van der Waals surface area contributed by atoms with Crippen LogP contribution in [0.2, 0.25) is 0 Å². The summed E-state index contributed by atoms with van der Waals surface area (Å²) in [6.07, 6.45) is 15.7. The van der Waals surface area contributed by atoms with Crippen molar-refractivity contribution in [1.82, 2.24) is 0 Å². The summed E-state index contributed by atoms with van der Waals surface area (Å²) in [6.45, 7) is 13.1. The van der Waals surface area contributed by atoms with Crippen LogP contribution < -0.4 is 0 Å². The molecule has 23 heavy (non-hydrogen) atoms. The predicted molar refractivity (Wildman–Crippen MR) is 102 cm³/mol. The average molecular weight is 329 g/mol. The monoisotopic (exact) mass is 328 g/mol. The molecule has 0 radical (unpaired) electrons. The van der Waals surface area contributed by atoms with Crippen LogP contribution in [-0.4, -0.2) is 13.2 Å². The third kappa shape index (κ3) is 16.6. The molecule has 0 aromatic carbocycles. The second kappa shape index (κ2) is 15.4. The Balaban J connectivity index is 0.000000459. The largest absolute Gasteiger partial charge is 0.237 e. The van der Waals surface area contributed by atoms with Gasteiger partial charge in [0.15, 0.2) is 0 Å². The van der Waals surface area contributed by atoms with Crippen molar-refractivity contribution in [2.45, 2.75) is 112 Å². The molecule has 2 heteroatoms. The topological polar surface area (TPSA) is 18.5 Å². The molecule has 0 aromatic heterocycles. The predicted octanol–water partition coefficient (Wildman–Crippen LogP) is 7.32. The molecule has 0 amide bonds. The molecule has 0 N–H and O–H groups in total. The van der Waals surface area contributed by atoms with Gasteiger partial charge in [0.1, 0.15) is 0 Å². The molecule has 140 valence electrons. The van der Waals surface area contributed by atoms with E-state index in [0.717, 1.165) is 32.0 Å². The van der Waals surface area contributed by atoms with Crippen molar-refractivity contribution in [2.75, 3.05) is 13.2 Å². The fourth-order valence-corrected chi connectivity index (χ4v) is 3.37. The van der Waals surface area contributed by atoms with Crippen LogP contribution in [0.25, 0.3) is 0 Å². The van der Waals surface area contributed by atoms with Crippen molar-refractivity contribution in [3.63, 3.8) is 0 Å². The van der Waals surface area contributed by atoms with Crippen LogP contribution >= 0.6 is 0 Å². The van der Waals surface area contributed by atoms with Crippen LogP contribution in [0.5, 0.6) is 0 Å². The molecule has 0 spiro atoms. The van der Waals surface area contributed by atoms with Gasteiger partial charge in [0.25, 0.3) is 0 Å². The molecular weight excluding hydrogens is 284 g/mol. The second-order valence-corrected chi connectivity index (χ2v) is 8.13. The summed E-state index contributed by atoms with van der Waals surface area (Å²) in [5, 5.41) is 0. The third-order valence-electron chi connectivity index (χ3n) is 4.70. The summed E-state index contributed by atoms with van der Waals surface area (Å²) >= 11 is 0. The van der Waals surface area contributed by atoms with Crippen molar-refractivity contribution in [3.8, 4) is 0 Å². The molecule has 0 aromatic rings. The minimum Gasteiger partial charge on any atom is -0.237 e. The van der Waals surface area contributed by atoms with Crippen molar-refractivity contribution in [3.05, 3.63) is 0 Å². The molecule has 0 heterocycles. The van der Waals surface area contributed by atoms with Crippen LogP contribution in [0.3, 0.4) is 0 Å². The minimum atomic E-state index is 0.650. The van der Waals surface area contributed by atoms with Gasteiger partial charge in [0, 0.05) is 0 Å². The Hall–Kier alpha value is -0.0800. The molecule has 2 nitrogen and oxygen atoms in total. The summed E-state index contributed by atoms with van der Waals surface area (Å²) in [5.41, 5.74) is 0.650. The van der Waals surface area contributed by atoms with Gasteiger partial charge in [-0.1, -0.05) is 86.0 Å². The Labute approximate surface area is 146 Å². The quantitative estimate of drug-likeness (QED) is 0.225. The average Bonchev–Trinajstić information content (AvgIpc) is 2.48. The maximum atomic E-state index is 5.06. The van der Waals surface area contributed by atoms with E-state index in [9.17, 15) is 0 Å². The molecule has 0 aliphatic heterocycles. The smallest absolute Gasteiger partial charge is 0.0822 e. The van der Waals surface area contributed by atoms with Gasteiger partial charge in [-0.05, 0) is 37.0 Å². The fraction of sp³-hybridized carbons (Fsp3) is 1.00. The third-order valence-corrected chi connectivity index (χ3v) is 4.70. The van der Waals surface area contributed by atoms with Gasteiger partial charge in [0.05, 0.1) is 13.2 Å². The van der Waals surface area contributed by atoms with Crippen LogP contribution in [0.15, 0.2) is 0 Å². The normalized spacial score (nSPS) is 20.0. The van der Waals surface area contributed by atoms with Crippen molar-refractivity contribution >= 4 is 0 Å². The van der Waals surface area contributed by atoms with Crippen molar-refractivity contribution < 1.29 is 9.78 Å². The Morgan fingerprint density at radius 2 is 1.35 bits per heavy atom. The Bertz CT molecular complexity index is 226. The van der Waals surface area contributed by atoms with Crippen LogP contribution in [0, 0.1) is 11.3 Å². The highest BCUT2D eigenvalue weighted by atomic mass is 17.2. The maximum Gasteiger partial charge on any atom is 0.0822 e. The van der Waals surface area contributed by atoms with E-state index >= 15 is 0 Å². The molecule has 0 saturated heterocycles. The summed E-state index contributed by atoms with van der Waals surface area (Å²) in [4.78, 5) is 10.1. The van der Waals surface area contributed by atoms with E-state index in [1.807, 2.05) is 0 Å². The standard InChI is InChI=1S/C12H26O2.C9H18/c1-3-5-7-9-11-13-14-12-10-8-6-4-2;1-8-5-4-6-9(2,3)7-8/h3-12H2,1-2H3;8H,4-7H2,1-3H3. The van der Waals surface area contributed by atoms with Crippen LogP contribution in [-0.2, 0) is 9.78 Å². The van der Waals surface area contributed by atoms with Gasteiger partial charge >= 0.3 is 0 Å². The Kier molecular flexibility index (Phi) is 15.4. The van der Waals surface area contributed by atoms with Crippen LogP contribution in [0.1, 0.15) is 112 Å². The lowest BCUT2D eigenvalue weighted by molar-refractivity contribution is -0.295. The van der Waals surface area contributed by atoms with E-state index in [-0.39, 0.29) is 0 Å². The van der Waals surface area contributed by atoms with Gasteiger partial charge in [-0.3, -0.25) is 0 Å². The van der Waals surface area contributed by atoms with E-state index in [4.69, 9.17) is 9.78 Å². The van der Waals surface area contributed by atoms with Crippen LogP contribution in [0.4, 0.5) is 0 Å². The van der Waals surface area contributed by atoms with E-state index in [1.54, 1.807) is 0 Å². The Morgan fingerprint density at radius 1 is 0.826 bits per heavy atom. The zero-order chi connectivity index (χ0) is 17.4. The van der Waals surface area contributed by atoms with E-state index in [0.29, 0.717) is 5.41 Å². The Morgan fingerprint density at radius 3 is 1.70 bits per heavy atom. The summed E-state index contributed by atoms with van der Waals surface area (Å²) < 4.78 is 0. The lowest BCUT2D eigenvalue weighted by Crippen LogP contribution is -2.20. The molecule has 0 bridgehead atoms. The molecular formula is C21H44O2. The van der Waals surface area contributed by atoms with Gasteiger partial charge < -0.3 is 0 Å². The highest BCUT2D eigenvalue weighted by Gasteiger charge is 2.24. The molecule has 1 saturated carbocycles.